The van der Waals surface area contributed by atoms with E-state index in [1.165, 1.54) is 11.3 Å². The number of anilines is 1. The van der Waals surface area contributed by atoms with E-state index in [-0.39, 0.29) is 30.2 Å². The number of fused-ring (bicyclic) bond motifs is 1. The summed E-state index contributed by atoms with van der Waals surface area (Å²) in [5.41, 5.74) is 0. The lowest BCUT2D eigenvalue weighted by Gasteiger charge is -2.19. The van der Waals surface area contributed by atoms with Gasteiger partial charge < -0.3 is 0 Å². The summed E-state index contributed by atoms with van der Waals surface area (Å²) in [5, 5.41) is 10.8. The second-order valence-corrected chi connectivity index (χ2v) is 8.10. The number of imide groups is 1. The van der Waals surface area contributed by atoms with Crippen molar-refractivity contribution in [2.24, 2.45) is 11.8 Å². The maximum absolute atomic E-state index is 12.3. The van der Waals surface area contributed by atoms with Crippen molar-refractivity contribution < 1.29 is 14.4 Å². The van der Waals surface area contributed by atoms with Crippen LogP contribution in [-0.2, 0) is 14.4 Å². The Kier molecular flexibility index (Phi) is 4.96. The SMILES string of the molecule is CCSc1nnc(NC(=O)CN2C(=O)[C@H]3CCCC[C@H]3C2=O)s1. The van der Waals surface area contributed by atoms with Crippen molar-refractivity contribution in [3.05, 3.63) is 0 Å². The van der Waals surface area contributed by atoms with Crippen LogP contribution >= 0.6 is 23.1 Å². The molecule has 2 heterocycles. The number of hydrogen-bond acceptors (Lipinski definition) is 7. The highest BCUT2D eigenvalue weighted by atomic mass is 32.2. The third kappa shape index (κ3) is 3.40. The molecule has 1 aromatic heterocycles. The lowest BCUT2D eigenvalue weighted by Crippen LogP contribution is -2.38. The van der Waals surface area contributed by atoms with Crippen molar-refractivity contribution in [3.63, 3.8) is 0 Å². The minimum absolute atomic E-state index is 0.200. The van der Waals surface area contributed by atoms with Gasteiger partial charge in [-0.3, -0.25) is 24.6 Å². The monoisotopic (exact) mass is 354 g/mol. The number of hydrogen-bond donors (Lipinski definition) is 1. The number of carbonyl (C=O) groups excluding carboxylic acids is 3. The summed E-state index contributed by atoms with van der Waals surface area (Å²) in [4.78, 5) is 37.9. The molecule has 0 bridgehead atoms. The smallest absolute Gasteiger partial charge is 0.246 e. The standard InChI is InChI=1S/C14H18N4O3S2/c1-2-22-14-17-16-13(23-14)15-10(19)7-18-11(20)8-5-3-4-6-9(8)12(18)21/h8-9H,2-7H2,1H3,(H,15,16,19)/t8-,9+. The predicted molar refractivity (Wildman–Crippen MR) is 87.1 cm³/mol. The zero-order valence-electron chi connectivity index (χ0n) is 12.8. The fourth-order valence-corrected chi connectivity index (χ4v) is 4.80. The Labute approximate surface area is 142 Å². The largest absolute Gasteiger partial charge is 0.299 e. The first-order chi connectivity index (χ1) is 11.1. The van der Waals surface area contributed by atoms with Gasteiger partial charge in [0.15, 0.2) is 4.34 Å². The van der Waals surface area contributed by atoms with E-state index < -0.39 is 5.91 Å². The number of thioether (sulfide) groups is 1. The molecule has 0 spiro atoms. The molecule has 2 atom stereocenters. The summed E-state index contributed by atoms with van der Waals surface area (Å²) in [6.45, 7) is 1.77. The first-order valence-electron chi connectivity index (χ1n) is 7.71. The molecule has 1 N–H and O–H groups in total. The Morgan fingerprint density at radius 1 is 1.26 bits per heavy atom. The maximum atomic E-state index is 12.3. The van der Waals surface area contributed by atoms with Gasteiger partial charge in [0.1, 0.15) is 6.54 Å². The van der Waals surface area contributed by atoms with Gasteiger partial charge in [-0.1, -0.05) is 42.9 Å². The molecule has 3 rings (SSSR count). The molecule has 0 aromatic carbocycles. The topological polar surface area (TPSA) is 92.3 Å². The zero-order valence-corrected chi connectivity index (χ0v) is 14.4. The number of carbonyl (C=O) groups is 3. The molecule has 1 aliphatic carbocycles. The van der Waals surface area contributed by atoms with Gasteiger partial charge in [0, 0.05) is 0 Å². The number of nitrogens with one attached hydrogen (secondary N) is 1. The Bertz CT molecular complexity index is 609. The van der Waals surface area contributed by atoms with E-state index in [2.05, 4.69) is 15.5 Å². The van der Waals surface area contributed by atoms with Crippen LogP contribution in [0.3, 0.4) is 0 Å². The molecule has 23 heavy (non-hydrogen) atoms. The lowest BCUT2D eigenvalue weighted by atomic mass is 9.81. The fourth-order valence-electron chi connectivity index (χ4n) is 3.13. The van der Waals surface area contributed by atoms with E-state index in [0.717, 1.165) is 40.7 Å². The Morgan fingerprint density at radius 3 is 2.52 bits per heavy atom. The molecular weight excluding hydrogens is 336 g/mol. The van der Waals surface area contributed by atoms with Gasteiger partial charge in [-0.2, -0.15) is 0 Å². The van der Waals surface area contributed by atoms with E-state index in [4.69, 9.17) is 0 Å². The Morgan fingerprint density at radius 2 is 1.91 bits per heavy atom. The molecule has 1 saturated carbocycles. The number of rotatable bonds is 5. The summed E-state index contributed by atoms with van der Waals surface area (Å²) >= 11 is 2.83. The minimum atomic E-state index is -0.408. The fraction of sp³-hybridized carbons (Fsp3) is 0.643. The molecule has 1 aromatic rings. The molecule has 2 fully saturated rings. The van der Waals surface area contributed by atoms with Gasteiger partial charge >= 0.3 is 0 Å². The average molecular weight is 354 g/mol. The predicted octanol–water partition coefficient (Wildman–Crippen LogP) is 1.76. The molecular formula is C14H18N4O3S2. The first-order valence-corrected chi connectivity index (χ1v) is 9.51. The summed E-state index contributed by atoms with van der Waals surface area (Å²) in [6, 6.07) is 0. The number of aromatic nitrogens is 2. The van der Waals surface area contributed by atoms with Crippen LogP contribution in [0.4, 0.5) is 5.13 Å². The average Bonchev–Trinajstić information content (AvgIpc) is 3.07. The van der Waals surface area contributed by atoms with Crippen LogP contribution in [0.25, 0.3) is 0 Å². The van der Waals surface area contributed by atoms with E-state index >= 15 is 0 Å². The van der Waals surface area contributed by atoms with Gasteiger partial charge in [0.25, 0.3) is 0 Å². The van der Waals surface area contributed by atoms with Crippen molar-refractivity contribution in [1.29, 1.82) is 0 Å². The van der Waals surface area contributed by atoms with Crippen molar-refractivity contribution >= 4 is 46.0 Å². The molecule has 7 nitrogen and oxygen atoms in total. The Hall–Kier alpha value is -1.48. The summed E-state index contributed by atoms with van der Waals surface area (Å²) in [6.07, 6.45) is 3.45. The van der Waals surface area contributed by atoms with Crippen molar-refractivity contribution in [2.75, 3.05) is 17.6 Å². The van der Waals surface area contributed by atoms with Gasteiger partial charge in [-0.25, -0.2) is 0 Å². The van der Waals surface area contributed by atoms with E-state index in [1.54, 1.807) is 11.8 Å². The third-order valence-corrected chi connectivity index (χ3v) is 6.01. The highest BCUT2D eigenvalue weighted by Crippen LogP contribution is 2.37. The van der Waals surface area contributed by atoms with Crippen molar-refractivity contribution in [1.82, 2.24) is 15.1 Å². The van der Waals surface area contributed by atoms with Crippen LogP contribution < -0.4 is 5.32 Å². The molecule has 3 amide bonds. The van der Waals surface area contributed by atoms with E-state index in [1.807, 2.05) is 6.92 Å². The minimum Gasteiger partial charge on any atom is -0.299 e. The summed E-state index contributed by atoms with van der Waals surface area (Å²) in [7, 11) is 0. The van der Waals surface area contributed by atoms with Crippen molar-refractivity contribution in [3.8, 4) is 0 Å². The van der Waals surface area contributed by atoms with Crippen LogP contribution in [-0.4, -0.2) is 45.1 Å². The van der Waals surface area contributed by atoms with Crippen LogP contribution in [0.1, 0.15) is 32.6 Å². The Balaban J connectivity index is 1.60. The third-order valence-electron chi connectivity index (χ3n) is 4.15. The van der Waals surface area contributed by atoms with E-state index in [0.29, 0.717) is 5.13 Å². The van der Waals surface area contributed by atoms with Gasteiger partial charge in [-0.15, -0.1) is 10.2 Å². The highest BCUT2D eigenvalue weighted by Gasteiger charge is 2.48. The molecule has 1 aliphatic heterocycles. The normalized spacial score (nSPS) is 24.0. The summed E-state index contributed by atoms with van der Waals surface area (Å²) in [5.74, 6) is -0.378. The number of likely N-dealkylation sites (tertiary alicyclic amines) is 1. The lowest BCUT2D eigenvalue weighted by molar-refractivity contribution is -0.142. The molecule has 1 saturated heterocycles. The van der Waals surface area contributed by atoms with Gasteiger partial charge in [0.05, 0.1) is 11.8 Å². The number of nitrogens with zero attached hydrogens (tertiary/aromatic N) is 3. The molecule has 9 heteroatoms. The highest BCUT2D eigenvalue weighted by molar-refractivity contribution is 8.01. The molecule has 0 radical (unpaired) electrons. The molecule has 2 aliphatic rings. The quantitative estimate of drug-likeness (QED) is 0.492. The van der Waals surface area contributed by atoms with Crippen molar-refractivity contribution in [2.45, 2.75) is 36.9 Å². The van der Waals surface area contributed by atoms with Crippen LogP contribution in [0.5, 0.6) is 0 Å². The second-order valence-electron chi connectivity index (χ2n) is 5.61. The second kappa shape index (κ2) is 6.96. The van der Waals surface area contributed by atoms with Crippen LogP contribution in [0.2, 0.25) is 0 Å². The molecule has 0 unspecified atom stereocenters. The van der Waals surface area contributed by atoms with Gasteiger partial charge in [0.2, 0.25) is 22.9 Å². The van der Waals surface area contributed by atoms with Gasteiger partial charge in [-0.05, 0) is 18.6 Å². The molecule has 124 valence electrons. The van der Waals surface area contributed by atoms with Crippen LogP contribution in [0.15, 0.2) is 4.34 Å². The zero-order chi connectivity index (χ0) is 16.4. The van der Waals surface area contributed by atoms with Crippen LogP contribution in [0, 0.1) is 11.8 Å². The first kappa shape index (κ1) is 16.4. The maximum Gasteiger partial charge on any atom is 0.246 e. The summed E-state index contributed by atoms with van der Waals surface area (Å²) < 4.78 is 0.780. The number of amides is 3. The van der Waals surface area contributed by atoms with E-state index in [9.17, 15) is 14.4 Å².